The van der Waals surface area contributed by atoms with Gasteiger partial charge in [-0.25, -0.2) is 4.79 Å². The summed E-state index contributed by atoms with van der Waals surface area (Å²) in [7, 11) is 3.07. The van der Waals surface area contributed by atoms with Gasteiger partial charge in [0.15, 0.2) is 0 Å². The zero-order valence-electron chi connectivity index (χ0n) is 11.9. The maximum absolute atomic E-state index is 11.4. The third-order valence-corrected chi connectivity index (χ3v) is 3.64. The fourth-order valence-corrected chi connectivity index (χ4v) is 2.50. The van der Waals surface area contributed by atoms with Crippen LogP contribution in [0.5, 0.6) is 5.75 Å². The Kier molecular flexibility index (Phi) is 4.84. The minimum atomic E-state index is -0.402. The Morgan fingerprint density at radius 3 is 2.65 bits per heavy atom. The summed E-state index contributed by atoms with van der Waals surface area (Å²) in [6, 6.07) is 4.96. The van der Waals surface area contributed by atoms with E-state index in [2.05, 4.69) is 4.74 Å². The molecule has 0 aliphatic heterocycles. The molecule has 0 radical (unpaired) electrons. The van der Waals surface area contributed by atoms with Crippen LogP contribution in [0.25, 0.3) is 0 Å². The lowest BCUT2D eigenvalue weighted by Gasteiger charge is -2.29. The van der Waals surface area contributed by atoms with Crippen LogP contribution in [-0.2, 0) is 9.47 Å². The number of ether oxygens (including phenoxy) is 3. The van der Waals surface area contributed by atoms with Gasteiger partial charge >= 0.3 is 5.97 Å². The number of methoxy groups -OCH3 is 2. The summed E-state index contributed by atoms with van der Waals surface area (Å²) in [5.41, 5.74) is 6.81. The Labute approximate surface area is 119 Å². The molecule has 1 aliphatic carbocycles. The van der Waals surface area contributed by atoms with Crippen molar-refractivity contribution in [1.82, 2.24) is 0 Å². The zero-order chi connectivity index (χ0) is 14.5. The summed E-state index contributed by atoms with van der Waals surface area (Å²) >= 11 is 0. The standard InChI is InChI=1S/C15H21NO4/c1-18-11-4-3-5-12(9-11)20-14-7-6-10(8-13(14)16)15(17)19-2/h6-8,11-12H,3-5,9,16H2,1-2H3. The number of esters is 1. The molecule has 0 bridgehead atoms. The van der Waals surface area contributed by atoms with Gasteiger partial charge in [-0.05, 0) is 37.5 Å². The first-order valence-corrected chi connectivity index (χ1v) is 6.81. The lowest BCUT2D eigenvalue weighted by atomic mass is 9.95. The number of benzene rings is 1. The monoisotopic (exact) mass is 279 g/mol. The smallest absolute Gasteiger partial charge is 0.337 e. The van der Waals surface area contributed by atoms with E-state index >= 15 is 0 Å². The van der Waals surface area contributed by atoms with Crippen LogP contribution in [-0.4, -0.2) is 32.4 Å². The van der Waals surface area contributed by atoms with Crippen LogP contribution < -0.4 is 10.5 Å². The minimum Gasteiger partial charge on any atom is -0.488 e. The molecule has 0 aromatic heterocycles. The van der Waals surface area contributed by atoms with Crippen LogP contribution in [0.15, 0.2) is 18.2 Å². The molecule has 110 valence electrons. The molecule has 0 amide bonds. The van der Waals surface area contributed by atoms with Crippen molar-refractivity contribution in [2.75, 3.05) is 20.0 Å². The van der Waals surface area contributed by atoms with Gasteiger partial charge in [-0.2, -0.15) is 0 Å². The average Bonchev–Trinajstić information content (AvgIpc) is 2.48. The lowest BCUT2D eigenvalue weighted by Crippen LogP contribution is -2.29. The molecule has 5 heteroatoms. The predicted molar refractivity (Wildman–Crippen MR) is 75.9 cm³/mol. The van der Waals surface area contributed by atoms with Gasteiger partial charge in [-0.15, -0.1) is 0 Å². The first kappa shape index (κ1) is 14.7. The molecule has 1 aromatic rings. The molecule has 1 saturated carbocycles. The van der Waals surface area contributed by atoms with E-state index in [1.165, 1.54) is 7.11 Å². The molecular formula is C15H21NO4. The zero-order valence-corrected chi connectivity index (χ0v) is 11.9. The number of carbonyl (C=O) groups is 1. The maximum atomic E-state index is 11.4. The van der Waals surface area contributed by atoms with Crippen molar-refractivity contribution in [3.63, 3.8) is 0 Å². The van der Waals surface area contributed by atoms with Gasteiger partial charge in [-0.1, -0.05) is 0 Å². The molecule has 0 heterocycles. The highest BCUT2D eigenvalue weighted by atomic mass is 16.5. The van der Waals surface area contributed by atoms with E-state index < -0.39 is 5.97 Å². The van der Waals surface area contributed by atoms with Crippen LogP contribution in [0.2, 0.25) is 0 Å². The number of nitrogen functional groups attached to an aromatic ring is 1. The van der Waals surface area contributed by atoms with E-state index in [1.54, 1.807) is 25.3 Å². The Morgan fingerprint density at radius 2 is 2.00 bits per heavy atom. The second-order valence-corrected chi connectivity index (χ2v) is 5.01. The van der Waals surface area contributed by atoms with Crippen LogP contribution in [0.1, 0.15) is 36.0 Å². The molecule has 0 saturated heterocycles. The number of hydrogen-bond acceptors (Lipinski definition) is 5. The van der Waals surface area contributed by atoms with Crippen LogP contribution in [0, 0.1) is 0 Å². The third-order valence-electron chi connectivity index (χ3n) is 3.64. The highest BCUT2D eigenvalue weighted by Crippen LogP contribution is 2.29. The molecule has 1 fully saturated rings. The van der Waals surface area contributed by atoms with Gasteiger partial charge in [0, 0.05) is 13.5 Å². The second kappa shape index (κ2) is 6.61. The van der Waals surface area contributed by atoms with E-state index in [9.17, 15) is 4.79 Å². The summed E-state index contributed by atoms with van der Waals surface area (Å²) in [4.78, 5) is 11.4. The molecule has 0 spiro atoms. The number of nitrogens with two attached hydrogens (primary N) is 1. The van der Waals surface area contributed by atoms with E-state index in [0.717, 1.165) is 25.7 Å². The largest absolute Gasteiger partial charge is 0.488 e. The Morgan fingerprint density at radius 1 is 1.25 bits per heavy atom. The van der Waals surface area contributed by atoms with Gasteiger partial charge in [0.2, 0.25) is 0 Å². The molecule has 1 aromatic carbocycles. The van der Waals surface area contributed by atoms with Gasteiger partial charge in [-0.3, -0.25) is 0 Å². The summed E-state index contributed by atoms with van der Waals surface area (Å²) in [5, 5.41) is 0. The maximum Gasteiger partial charge on any atom is 0.337 e. The van der Waals surface area contributed by atoms with Gasteiger partial charge in [0.1, 0.15) is 11.9 Å². The van der Waals surface area contributed by atoms with Crippen molar-refractivity contribution in [3.8, 4) is 5.75 Å². The Balaban J connectivity index is 2.04. The van der Waals surface area contributed by atoms with Crippen molar-refractivity contribution in [3.05, 3.63) is 23.8 Å². The molecule has 2 N–H and O–H groups in total. The summed E-state index contributed by atoms with van der Waals surface area (Å²) in [5.74, 6) is 0.208. The van der Waals surface area contributed by atoms with Crippen molar-refractivity contribution in [1.29, 1.82) is 0 Å². The topological polar surface area (TPSA) is 70.8 Å². The van der Waals surface area contributed by atoms with E-state index in [4.69, 9.17) is 15.2 Å². The van der Waals surface area contributed by atoms with E-state index in [0.29, 0.717) is 17.0 Å². The van der Waals surface area contributed by atoms with Crippen molar-refractivity contribution < 1.29 is 19.0 Å². The molecule has 2 atom stereocenters. The van der Waals surface area contributed by atoms with Crippen molar-refractivity contribution in [2.45, 2.75) is 37.9 Å². The highest BCUT2D eigenvalue weighted by Gasteiger charge is 2.23. The fourth-order valence-electron chi connectivity index (χ4n) is 2.50. The molecule has 5 nitrogen and oxygen atoms in total. The first-order valence-electron chi connectivity index (χ1n) is 6.81. The average molecular weight is 279 g/mol. The Hall–Kier alpha value is -1.75. The highest BCUT2D eigenvalue weighted by molar-refractivity contribution is 5.90. The molecule has 20 heavy (non-hydrogen) atoms. The number of carbonyl (C=O) groups excluding carboxylic acids is 1. The summed E-state index contributed by atoms with van der Waals surface area (Å²) in [6.45, 7) is 0. The predicted octanol–water partition coefficient (Wildman–Crippen LogP) is 2.39. The Bertz CT molecular complexity index is 475. The minimum absolute atomic E-state index is 0.111. The molecule has 1 aliphatic rings. The van der Waals surface area contributed by atoms with E-state index in [-0.39, 0.29) is 12.2 Å². The number of hydrogen-bond donors (Lipinski definition) is 1. The normalized spacial score (nSPS) is 22.3. The summed E-state index contributed by atoms with van der Waals surface area (Å²) in [6.07, 6.45) is 4.40. The van der Waals surface area contributed by atoms with Crippen molar-refractivity contribution >= 4 is 11.7 Å². The van der Waals surface area contributed by atoms with Crippen LogP contribution in [0.4, 0.5) is 5.69 Å². The first-order chi connectivity index (χ1) is 9.63. The van der Waals surface area contributed by atoms with Crippen LogP contribution in [0.3, 0.4) is 0 Å². The molecule has 2 unspecified atom stereocenters. The SMILES string of the molecule is COC(=O)c1ccc(OC2CCCC(OC)C2)c(N)c1. The molecule has 2 rings (SSSR count). The van der Waals surface area contributed by atoms with E-state index in [1.807, 2.05) is 0 Å². The summed E-state index contributed by atoms with van der Waals surface area (Å²) < 4.78 is 16.0. The van der Waals surface area contributed by atoms with Gasteiger partial charge in [0.25, 0.3) is 0 Å². The number of anilines is 1. The molecular weight excluding hydrogens is 258 g/mol. The second-order valence-electron chi connectivity index (χ2n) is 5.01. The van der Waals surface area contributed by atoms with Gasteiger partial charge in [0.05, 0.1) is 24.5 Å². The van der Waals surface area contributed by atoms with Crippen molar-refractivity contribution in [2.24, 2.45) is 0 Å². The fraction of sp³-hybridized carbons (Fsp3) is 0.533. The van der Waals surface area contributed by atoms with Gasteiger partial charge < -0.3 is 19.9 Å². The lowest BCUT2D eigenvalue weighted by molar-refractivity contribution is 0.0212. The van der Waals surface area contributed by atoms with Crippen LogP contribution >= 0.6 is 0 Å². The quantitative estimate of drug-likeness (QED) is 0.677. The number of rotatable bonds is 4. The third kappa shape index (κ3) is 3.42.